The molecule has 0 aliphatic carbocycles. The quantitative estimate of drug-likeness (QED) is 0.566. The van der Waals surface area contributed by atoms with Gasteiger partial charge in [0, 0.05) is 18.5 Å². The molecule has 0 bridgehead atoms. The molecule has 0 radical (unpaired) electrons. The van der Waals surface area contributed by atoms with Gasteiger partial charge in [-0.05, 0) is 48.0 Å². The van der Waals surface area contributed by atoms with Crippen molar-refractivity contribution in [3.05, 3.63) is 0 Å². The Balaban J connectivity index is 2.50. The van der Waals surface area contributed by atoms with E-state index in [-0.39, 0.29) is 17.8 Å². The minimum Gasteiger partial charge on any atom is -0.395 e. The Bertz CT molecular complexity index is 421. The van der Waals surface area contributed by atoms with Crippen molar-refractivity contribution in [3.63, 3.8) is 0 Å². The Morgan fingerprint density at radius 3 is 2.19 bits per heavy atom. The molecule has 156 valence electrons. The molecular formula is C21H45N2O3+. The van der Waals surface area contributed by atoms with Crippen molar-refractivity contribution in [2.45, 2.75) is 90.6 Å². The van der Waals surface area contributed by atoms with Gasteiger partial charge in [0.25, 0.3) is 0 Å². The number of aliphatic hydroxyl groups excluding tert-OH is 1. The van der Waals surface area contributed by atoms with E-state index in [2.05, 4.69) is 67.5 Å². The molecule has 5 heteroatoms. The summed E-state index contributed by atoms with van der Waals surface area (Å²) in [7, 11) is 4.58. The summed E-state index contributed by atoms with van der Waals surface area (Å²) in [5.74, 6) is 0. The summed E-state index contributed by atoms with van der Waals surface area (Å²) < 4.78 is 13.1. The Kier molecular flexibility index (Phi) is 8.56. The zero-order chi connectivity index (χ0) is 20.2. The number of nitrogens with zero attached hydrogens (tertiary/aromatic N) is 2. The largest absolute Gasteiger partial charge is 0.395 e. The monoisotopic (exact) mass is 373 g/mol. The van der Waals surface area contributed by atoms with Gasteiger partial charge < -0.3 is 19.1 Å². The molecular weight excluding hydrogens is 328 g/mol. The van der Waals surface area contributed by atoms with Crippen molar-refractivity contribution >= 4 is 0 Å². The number of ether oxygens (including phenoxy) is 2. The topological polar surface area (TPSA) is 41.9 Å². The third-order valence-electron chi connectivity index (χ3n) is 6.12. The Morgan fingerprint density at radius 2 is 1.73 bits per heavy atom. The van der Waals surface area contributed by atoms with E-state index >= 15 is 0 Å². The van der Waals surface area contributed by atoms with Crippen molar-refractivity contribution < 1.29 is 19.1 Å². The van der Waals surface area contributed by atoms with Crippen LogP contribution in [0.1, 0.15) is 61.3 Å². The second-order valence-electron chi connectivity index (χ2n) is 10.0. The summed E-state index contributed by atoms with van der Waals surface area (Å²) in [5, 5.41) is 9.71. The molecule has 1 saturated heterocycles. The van der Waals surface area contributed by atoms with Crippen LogP contribution in [-0.2, 0) is 9.47 Å². The van der Waals surface area contributed by atoms with Gasteiger partial charge in [-0.1, -0.05) is 6.92 Å². The lowest BCUT2D eigenvalue weighted by atomic mass is 10.1. The molecule has 1 heterocycles. The molecule has 1 N–H and O–H groups in total. The van der Waals surface area contributed by atoms with E-state index in [1.165, 1.54) is 0 Å². The van der Waals surface area contributed by atoms with Crippen LogP contribution < -0.4 is 0 Å². The van der Waals surface area contributed by atoms with Crippen LogP contribution in [0.25, 0.3) is 0 Å². The van der Waals surface area contributed by atoms with Gasteiger partial charge in [0.15, 0.2) is 0 Å². The third-order valence-corrected chi connectivity index (χ3v) is 6.12. The highest BCUT2D eigenvalue weighted by Gasteiger charge is 2.41. The molecule has 0 spiro atoms. The standard InChI is InChI=1S/C21H45N2O3/c1-10-20(4,5)26-16-21(6,7)25-12-11-23(8,9)19-13-18(15-24)22(14-19)17(2)3/h17-19,24H,10-16H2,1-9H3/q+1. The van der Waals surface area contributed by atoms with Crippen LogP contribution in [0.2, 0.25) is 0 Å². The fraction of sp³-hybridized carbons (Fsp3) is 1.00. The van der Waals surface area contributed by atoms with Crippen molar-refractivity contribution in [2.75, 3.05) is 47.0 Å². The van der Waals surface area contributed by atoms with E-state index in [1.54, 1.807) is 0 Å². The molecule has 2 unspecified atom stereocenters. The predicted octanol–water partition coefficient (Wildman–Crippen LogP) is 2.91. The summed E-state index contributed by atoms with van der Waals surface area (Å²) in [6.45, 7) is 18.6. The van der Waals surface area contributed by atoms with Crippen molar-refractivity contribution in [1.82, 2.24) is 4.90 Å². The minimum absolute atomic E-state index is 0.0978. The van der Waals surface area contributed by atoms with Crippen LogP contribution >= 0.6 is 0 Å². The van der Waals surface area contributed by atoms with Crippen molar-refractivity contribution in [3.8, 4) is 0 Å². The van der Waals surface area contributed by atoms with Crippen LogP contribution in [0.5, 0.6) is 0 Å². The summed E-state index contributed by atoms with van der Waals surface area (Å²) in [6, 6.07) is 1.31. The zero-order valence-electron chi connectivity index (χ0n) is 18.8. The predicted molar refractivity (Wildman–Crippen MR) is 108 cm³/mol. The van der Waals surface area contributed by atoms with Crippen LogP contribution in [-0.4, -0.2) is 90.8 Å². The maximum atomic E-state index is 9.71. The molecule has 1 rings (SSSR count). The lowest BCUT2D eigenvalue weighted by Crippen LogP contribution is -2.52. The van der Waals surface area contributed by atoms with Gasteiger partial charge in [0.2, 0.25) is 0 Å². The molecule has 5 nitrogen and oxygen atoms in total. The highest BCUT2D eigenvalue weighted by molar-refractivity contribution is 4.87. The molecule has 26 heavy (non-hydrogen) atoms. The number of likely N-dealkylation sites (tertiary alicyclic amines) is 1. The second kappa shape index (κ2) is 9.33. The van der Waals surface area contributed by atoms with Crippen molar-refractivity contribution in [1.29, 1.82) is 0 Å². The van der Waals surface area contributed by atoms with Gasteiger partial charge in [-0.25, -0.2) is 0 Å². The molecule has 0 aromatic rings. The molecule has 0 saturated carbocycles. The Morgan fingerprint density at radius 1 is 1.12 bits per heavy atom. The van der Waals surface area contributed by atoms with Gasteiger partial charge in [-0.15, -0.1) is 0 Å². The fourth-order valence-electron chi connectivity index (χ4n) is 3.49. The van der Waals surface area contributed by atoms with Crippen LogP contribution in [0.15, 0.2) is 0 Å². The average Bonchev–Trinajstić information content (AvgIpc) is 2.98. The normalized spacial score (nSPS) is 23.2. The number of rotatable bonds is 11. The summed E-state index contributed by atoms with van der Waals surface area (Å²) in [4.78, 5) is 2.44. The van der Waals surface area contributed by atoms with Gasteiger partial charge >= 0.3 is 0 Å². The third kappa shape index (κ3) is 7.08. The first-order valence-electron chi connectivity index (χ1n) is 10.3. The summed E-state index contributed by atoms with van der Waals surface area (Å²) >= 11 is 0. The number of quaternary nitrogens is 1. The number of aliphatic hydroxyl groups is 1. The van der Waals surface area contributed by atoms with E-state index in [4.69, 9.17) is 9.47 Å². The molecule has 0 amide bonds. The lowest BCUT2D eigenvalue weighted by molar-refractivity contribution is -0.913. The van der Waals surface area contributed by atoms with Crippen LogP contribution in [0, 0.1) is 0 Å². The Hall–Kier alpha value is -0.200. The molecule has 0 aromatic carbocycles. The van der Waals surface area contributed by atoms with Gasteiger partial charge in [0.05, 0.1) is 51.7 Å². The maximum Gasteiger partial charge on any atom is 0.103 e. The smallest absolute Gasteiger partial charge is 0.103 e. The van der Waals surface area contributed by atoms with Gasteiger partial charge in [0.1, 0.15) is 12.6 Å². The molecule has 0 aromatic heterocycles. The first-order chi connectivity index (χ1) is 11.8. The minimum atomic E-state index is -0.278. The van der Waals surface area contributed by atoms with E-state index in [0.29, 0.717) is 24.7 Å². The highest BCUT2D eigenvalue weighted by Crippen LogP contribution is 2.27. The molecule has 1 aliphatic rings. The number of likely N-dealkylation sites (N-methyl/N-ethyl adjacent to an activating group) is 1. The van der Waals surface area contributed by atoms with Crippen LogP contribution in [0.3, 0.4) is 0 Å². The second-order valence-corrected chi connectivity index (χ2v) is 10.0. The van der Waals surface area contributed by atoms with Gasteiger partial charge in [-0.3, -0.25) is 4.90 Å². The average molecular weight is 374 g/mol. The SMILES string of the molecule is CCC(C)(C)OCC(C)(C)OCC[N+](C)(C)C1CC(CO)N(C(C)C)C1. The lowest BCUT2D eigenvalue weighted by Gasteiger charge is -2.38. The number of hydrogen-bond acceptors (Lipinski definition) is 4. The van der Waals surface area contributed by atoms with E-state index in [9.17, 15) is 5.11 Å². The first-order valence-corrected chi connectivity index (χ1v) is 10.3. The fourth-order valence-corrected chi connectivity index (χ4v) is 3.49. The van der Waals surface area contributed by atoms with E-state index in [1.807, 2.05) is 0 Å². The number of hydrogen-bond donors (Lipinski definition) is 1. The van der Waals surface area contributed by atoms with Crippen LogP contribution in [0.4, 0.5) is 0 Å². The first kappa shape index (κ1) is 23.8. The zero-order valence-corrected chi connectivity index (χ0v) is 18.8. The molecule has 1 aliphatic heterocycles. The van der Waals surface area contributed by atoms with Crippen molar-refractivity contribution in [2.24, 2.45) is 0 Å². The molecule has 2 atom stereocenters. The Labute approximate surface area is 162 Å². The van der Waals surface area contributed by atoms with Gasteiger partial charge in [-0.2, -0.15) is 0 Å². The summed E-state index contributed by atoms with van der Waals surface area (Å²) in [6.07, 6.45) is 2.05. The highest BCUT2D eigenvalue weighted by atomic mass is 16.6. The van der Waals surface area contributed by atoms with E-state index in [0.717, 1.165) is 37.0 Å². The molecule has 1 fully saturated rings. The van der Waals surface area contributed by atoms with E-state index < -0.39 is 0 Å². The summed E-state index contributed by atoms with van der Waals surface area (Å²) in [5.41, 5.74) is -0.376. The maximum absolute atomic E-state index is 9.71.